The van der Waals surface area contributed by atoms with E-state index in [2.05, 4.69) is 4.90 Å². The molecule has 1 amide bonds. The molecule has 2 N–H and O–H groups in total. The smallest absolute Gasteiger partial charge is 0.248 e. The van der Waals surface area contributed by atoms with Crippen molar-refractivity contribution >= 4 is 16.7 Å². The molecule has 1 aliphatic rings. The fourth-order valence-corrected chi connectivity index (χ4v) is 3.04. The molecule has 2 rings (SSSR count). The van der Waals surface area contributed by atoms with Crippen molar-refractivity contribution in [1.82, 2.24) is 4.90 Å². The molecule has 0 saturated carbocycles. The van der Waals surface area contributed by atoms with Crippen molar-refractivity contribution in [3.8, 4) is 0 Å². The number of hydrogen-bond donors (Lipinski definition) is 1. The lowest BCUT2D eigenvalue weighted by atomic mass is 10.1. The number of carbonyl (C=O) groups excluding carboxylic acids is 1. The summed E-state index contributed by atoms with van der Waals surface area (Å²) in [5, 5.41) is 0. The van der Waals surface area contributed by atoms with E-state index in [1.807, 2.05) is 18.2 Å². The molecule has 0 aromatic heterocycles. The quantitative estimate of drug-likeness (QED) is 0.844. The molecule has 1 fully saturated rings. The highest BCUT2D eigenvalue weighted by Gasteiger charge is 2.15. The normalized spacial score (nSPS) is 18.1. The third-order valence-corrected chi connectivity index (χ3v) is 4.16. The first-order chi connectivity index (χ1) is 8.15. The van der Waals surface area contributed by atoms with Crippen LogP contribution in [-0.4, -0.2) is 39.6 Å². The maximum Gasteiger partial charge on any atom is 0.248 e. The predicted molar refractivity (Wildman–Crippen MR) is 68.1 cm³/mol. The number of nitrogens with zero attached hydrogens (tertiary/aromatic N) is 1. The van der Waals surface area contributed by atoms with E-state index in [9.17, 15) is 9.00 Å². The molecule has 4 nitrogen and oxygen atoms in total. The average molecular weight is 252 g/mol. The van der Waals surface area contributed by atoms with Gasteiger partial charge in [0.1, 0.15) is 0 Å². The Balaban J connectivity index is 2.01. The Morgan fingerprint density at radius 1 is 1.35 bits per heavy atom. The van der Waals surface area contributed by atoms with Crippen molar-refractivity contribution in [3.05, 3.63) is 35.4 Å². The first kappa shape index (κ1) is 12.3. The van der Waals surface area contributed by atoms with Crippen molar-refractivity contribution in [2.24, 2.45) is 5.73 Å². The van der Waals surface area contributed by atoms with E-state index >= 15 is 0 Å². The van der Waals surface area contributed by atoms with Crippen LogP contribution in [0.3, 0.4) is 0 Å². The molecule has 0 spiro atoms. The van der Waals surface area contributed by atoms with E-state index in [1.54, 1.807) is 6.07 Å². The Morgan fingerprint density at radius 2 is 2.06 bits per heavy atom. The number of nitrogens with two attached hydrogens (primary N) is 1. The fraction of sp³-hybridized carbons (Fsp3) is 0.417. The molecular formula is C12H16N2O2S. The predicted octanol–water partition coefficient (Wildman–Crippen LogP) is 0.350. The van der Waals surface area contributed by atoms with Crippen molar-refractivity contribution < 1.29 is 9.00 Å². The number of hydrogen-bond acceptors (Lipinski definition) is 3. The largest absolute Gasteiger partial charge is 0.366 e. The van der Waals surface area contributed by atoms with E-state index in [4.69, 9.17) is 5.73 Å². The molecule has 0 aliphatic carbocycles. The van der Waals surface area contributed by atoms with Crippen LogP contribution in [0.5, 0.6) is 0 Å². The van der Waals surface area contributed by atoms with Gasteiger partial charge in [0.25, 0.3) is 0 Å². The van der Waals surface area contributed by atoms with Crippen LogP contribution in [0.4, 0.5) is 0 Å². The summed E-state index contributed by atoms with van der Waals surface area (Å²) in [7, 11) is -0.646. The molecule has 1 aliphatic heterocycles. The molecule has 5 heteroatoms. The Labute approximate surface area is 103 Å². The van der Waals surface area contributed by atoms with Gasteiger partial charge in [-0.15, -0.1) is 0 Å². The van der Waals surface area contributed by atoms with Gasteiger partial charge in [0.2, 0.25) is 5.91 Å². The topological polar surface area (TPSA) is 63.4 Å². The first-order valence-corrected chi connectivity index (χ1v) is 7.10. The highest BCUT2D eigenvalue weighted by molar-refractivity contribution is 7.85. The third-order valence-electron chi connectivity index (χ3n) is 2.89. The summed E-state index contributed by atoms with van der Waals surface area (Å²) in [4.78, 5) is 13.3. The molecule has 0 unspecified atom stereocenters. The van der Waals surface area contributed by atoms with Crippen LogP contribution in [0, 0.1) is 0 Å². The lowest BCUT2D eigenvalue weighted by Crippen LogP contribution is -2.37. The second-order valence-electron chi connectivity index (χ2n) is 4.19. The lowest BCUT2D eigenvalue weighted by molar-refractivity contribution is 0.1000. The van der Waals surface area contributed by atoms with E-state index in [0.717, 1.165) is 36.7 Å². The second-order valence-corrected chi connectivity index (χ2v) is 5.89. The Hall–Kier alpha value is -1.20. The molecule has 1 heterocycles. The van der Waals surface area contributed by atoms with E-state index in [0.29, 0.717) is 5.56 Å². The fourth-order valence-electron chi connectivity index (χ4n) is 1.91. The van der Waals surface area contributed by atoms with E-state index < -0.39 is 16.7 Å². The number of carbonyl (C=O) groups is 1. The van der Waals surface area contributed by atoms with E-state index in [1.165, 1.54) is 0 Å². The molecule has 17 heavy (non-hydrogen) atoms. The number of primary amides is 1. The van der Waals surface area contributed by atoms with Gasteiger partial charge in [-0.3, -0.25) is 13.9 Å². The minimum atomic E-state index is -0.646. The van der Waals surface area contributed by atoms with Gasteiger partial charge in [0.15, 0.2) is 0 Å². The molecule has 1 aromatic rings. The van der Waals surface area contributed by atoms with Crippen molar-refractivity contribution in [1.29, 1.82) is 0 Å². The summed E-state index contributed by atoms with van der Waals surface area (Å²) < 4.78 is 11.2. The van der Waals surface area contributed by atoms with Gasteiger partial charge in [-0.1, -0.05) is 12.1 Å². The van der Waals surface area contributed by atoms with Crippen LogP contribution >= 0.6 is 0 Å². The number of benzene rings is 1. The lowest BCUT2D eigenvalue weighted by Gasteiger charge is -2.26. The van der Waals surface area contributed by atoms with Gasteiger partial charge in [0.05, 0.1) is 0 Å². The summed E-state index contributed by atoms with van der Waals surface area (Å²) >= 11 is 0. The maximum atomic E-state index is 11.2. The molecular weight excluding hydrogens is 236 g/mol. The van der Waals surface area contributed by atoms with Crippen LogP contribution < -0.4 is 5.73 Å². The monoisotopic (exact) mass is 252 g/mol. The Kier molecular flexibility index (Phi) is 3.91. The zero-order chi connectivity index (χ0) is 12.3. The summed E-state index contributed by atoms with van der Waals surface area (Å²) in [5.41, 5.74) is 6.86. The van der Waals surface area contributed by atoms with Crippen LogP contribution in [-0.2, 0) is 17.3 Å². The summed E-state index contributed by atoms with van der Waals surface area (Å²) in [6, 6.07) is 7.38. The molecule has 0 atom stereocenters. The highest BCUT2D eigenvalue weighted by Crippen LogP contribution is 2.10. The number of amides is 1. The molecule has 0 bridgehead atoms. The van der Waals surface area contributed by atoms with Gasteiger partial charge >= 0.3 is 0 Å². The minimum absolute atomic E-state index is 0.397. The zero-order valence-electron chi connectivity index (χ0n) is 9.59. The van der Waals surface area contributed by atoms with Crippen molar-refractivity contribution in [2.75, 3.05) is 24.6 Å². The van der Waals surface area contributed by atoms with Crippen molar-refractivity contribution in [3.63, 3.8) is 0 Å². The molecule has 92 valence electrons. The first-order valence-electron chi connectivity index (χ1n) is 5.61. The molecule has 1 aromatic carbocycles. The van der Waals surface area contributed by atoms with Crippen LogP contribution in [0.15, 0.2) is 24.3 Å². The van der Waals surface area contributed by atoms with Crippen LogP contribution in [0.2, 0.25) is 0 Å². The Bertz CT molecular complexity index is 438. The molecule has 1 saturated heterocycles. The maximum absolute atomic E-state index is 11.2. The highest BCUT2D eigenvalue weighted by atomic mass is 32.2. The zero-order valence-corrected chi connectivity index (χ0v) is 10.4. The second kappa shape index (κ2) is 5.42. The number of rotatable bonds is 3. The summed E-state index contributed by atoms with van der Waals surface area (Å²) in [6.45, 7) is 2.50. The average Bonchev–Trinajstić information content (AvgIpc) is 2.32. The summed E-state index contributed by atoms with van der Waals surface area (Å²) in [6.07, 6.45) is 0. The Morgan fingerprint density at radius 3 is 2.71 bits per heavy atom. The van der Waals surface area contributed by atoms with E-state index in [-0.39, 0.29) is 0 Å². The van der Waals surface area contributed by atoms with Gasteiger partial charge < -0.3 is 5.73 Å². The van der Waals surface area contributed by atoms with Gasteiger partial charge in [-0.05, 0) is 17.7 Å². The standard InChI is InChI=1S/C12H16N2O2S/c13-12(15)11-3-1-2-10(8-11)9-14-4-6-17(16)7-5-14/h1-3,8H,4-7,9H2,(H2,13,15). The summed E-state index contributed by atoms with van der Waals surface area (Å²) in [5.74, 6) is 1.09. The SMILES string of the molecule is NC(=O)c1cccc(CN2CCS(=O)CC2)c1. The van der Waals surface area contributed by atoms with Gasteiger partial charge in [-0.2, -0.15) is 0 Å². The minimum Gasteiger partial charge on any atom is -0.366 e. The van der Waals surface area contributed by atoms with Crippen LogP contribution in [0.1, 0.15) is 15.9 Å². The van der Waals surface area contributed by atoms with Crippen molar-refractivity contribution in [2.45, 2.75) is 6.54 Å². The van der Waals surface area contributed by atoms with Gasteiger partial charge in [-0.25, -0.2) is 0 Å². The molecule has 0 radical (unpaired) electrons. The third kappa shape index (κ3) is 3.38. The van der Waals surface area contributed by atoms with Crippen LogP contribution in [0.25, 0.3) is 0 Å². The van der Waals surface area contributed by atoms with Gasteiger partial charge in [0, 0.05) is 47.5 Å².